The van der Waals surface area contributed by atoms with Crippen molar-refractivity contribution >= 4 is 18.4 Å². The van der Waals surface area contributed by atoms with Gasteiger partial charge in [0.05, 0.1) is 19.9 Å². The van der Waals surface area contributed by atoms with Crippen LogP contribution in [0.15, 0.2) is 23.3 Å². The van der Waals surface area contributed by atoms with Gasteiger partial charge in [-0.3, -0.25) is 5.10 Å². The Kier molecular flexibility index (Phi) is 4.52. The molecule has 1 aromatic carbocycles. The van der Waals surface area contributed by atoms with E-state index in [0.29, 0.717) is 28.7 Å². The van der Waals surface area contributed by atoms with Crippen molar-refractivity contribution in [2.75, 3.05) is 13.7 Å². The van der Waals surface area contributed by atoms with E-state index in [2.05, 4.69) is 15.3 Å². The number of para-hydroxylation sites is 1. The van der Waals surface area contributed by atoms with Crippen LogP contribution in [0.5, 0.6) is 11.5 Å². The largest absolute Gasteiger partial charge is 0.493 e. The van der Waals surface area contributed by atoms with E-state index in [1.165, 1.54) is 0 Å². The first-order chi connectivity index (χ1) is 9.67. The summed E-state index contributed by atoms with van der Waals surface area (Å²) in [4.78, 5) is 0. The Balaban J connectivity index is 2.40. The third-order valence-corrected chi connectivity index (χ3v) is 2.91. The molecule has 7 heteroatoms. The van der Waals surface area contributed by atoms with E-state index in [9.17, 15) is 0 Å². The van der Waals surface area contributed by atoms with E-state index in [1.807, 2.05) is 32.0 Å². The van der Waals surface area contributed by atoms with Crippen LogP contribution in [0.2, 0.25) is 0 Å². The highest BCUT2D eigenvalue weighted by molar-refractivity contribution is 7.71. The van der Waals surface area contributed by atoms with Gasteiger partial charge in [-0.1, -0.05) is 6.07 Å². The lowest BCUT2D eigenvalue weighted by Gasteiger charge is -2.11. The fourth-order valence-electron chi connectivity index (χ4n) is 1.72. The molecule has 20 heavy (non-hydrogen) atoms. The molecule has 106 valence electrons. The minimum absolute atomic E-state index is 0.444. The number of nitrogens with zero attached hydrogens (tertiary/aromatic N) is 3. The van der Waals surface area contributed by atoms with E-state index in [-0.39, 0.29) is 0 Å². The van der Waals surface area contributed by atoms with Crippen LogP contribution in [-0.4, -0.2) is 34.8 Å². The lowest BCUT2D eigenvalue weighted by molar-refractivity contribution is 0.310. The van der Waals surface area contributed by atoms with Crippen molar-refractivity contribution in [3.8, 4) is 11.5 Å². The highest BCUT2D eigenvalue weighted by Crippen LogP contribution is 2.29. The van der Waals surface area contributed by atoms with Crippen LogP contribution in [0, 0.1) is 11.7 Å². The van der Waals surface area contributed by atoms with Crippen molar-refractivity contribution in [2.24, 2.45) is 5.10 Å². The maximum atomic E-state index is 5.61. The molecule has 1 N–H and O–H groups in total. The number of rotatable bonds is 5. The second kappa shape index (κ2) is 6.33. The van der Waals surface area contributed by atoms with Gasteiger partial charge in [-0.2, -0.15) is 14.9 Å². The van der Waals surface area contributed by atoms with E-state index >= 15 is 0 Å². The quantitative estimate of drug-likeness (QED) is 0.679. The third-order valence-electron chi connectivity index (χ3n) is 2.64. The molecule has 0 saturated carbocycles. The number of aromatic amines is 1. The molecule has 6 nitrogen and oxygen atoms in total. The highest BCUT2D eigenvalue weighted by atomic mass is 32.1. The van der Waals surface area contributed by atoms with Crippen LogP contribution in [0.3, 0.4) is 0 Å². The van der Waals surface area contributed by atoms with E-state index < -0.39 is 0 Å². The number of benzene rings is 1. The van der Waals surface area contributed by atoms with Gasteiger partial charge in [0, 0.05) is 5.56 Å². The average molecular weight is 292 g/mol. The molecule has 0 spiro atoms. The number of aryl methyl sites for hydroxylation is 1. The highest BCUT2D eigenvalue weighted by Gasteiger charge is 2.08. The normalized spacial score (nSPS) is 10.9. The van der Waals surface area contributed by atoms with Gasteiger partial charge < -0.3 is 9.47 Å². The van der Waals surface area contributed by atoms with Crippen LogP contribution in [-0.2, 0) is 0 Å². The van der Waals surface area contributed by atoms with Crippen molar-refractivity contribution in [3.63, 3.8) is 0 Å². The Morgan fingerprint density at radius 2 is 2.30 bits per heavy atom. The first-order valence-electron chi connectivity index (χ1n) is 6.15. The molecule has 0 aliphatic carbocycles. The monoisotopic (exact) mass is 292 g/mol. The van der Waals surface area contributed by atoms with E-state index in [4.69, 9.17) is 21.7 Å². The number of aromatic nitrogens is 3. The maximum absolute atomic E-state index is 5.61. The molecule has 1 heterocycles. The molecule has 0 fully saturated rings. The Labute approximate surface area is 122 Å². The fourth-order valence-corrected chi connectivity index (χ4v) is 1.95. The number of H-pyrrole nitrogens is 1. The Hall–Kier alpha value is -2.15. The topological polar surface area (TPSA) is 64.4 Å². The smallest absolute Gasteiger partial charge is 0.216 e. The minimum Gasteiger partial charge on any atom is -0.493 e. The van der Waals surface area contributed by atoms with Crippen LogP contribution in [0.25, 0.3) is 0 Å². The number of methoxy groups -OCH3 is 1. The Morgan fingerprint density at radius 1 is 1.50 bits per heavy atom. The van der Waals surface area contributed by atoms with Gasteiger partial charge in [0.1, 0.15) is 5.82 Å². The summed E-state index contributed by atoms with van der Waals surface area (Å²) in [5.74, 6) is 2.02. The predicted molar refractivity (Wildman–Crippen MR) is 79.3 cm³/mol. The maximum Gasteiger partial charge on any atom is 0.216 e. The van der Waals surface area contributed by atoms with Crippen LogP contribution in [0.4, 0.5) is 0 Å². The standard InChI is InChI=1S/C13H16N4O2S/c1-4-19-12-10(6-5-7-11(12)18-3)8-14-17-9(2)15-16-13(17)20/h5-8H,4H2,1-3H3,(H,16,20)/b14-8+. The number of hydrogen-bond donors (Lipinski definition) is 1. The molecule has 2 rings (SSSR count). The third kappa shape index (κ3) is 2.88. The zero-order valence-electron chi connectivity index (χ0n) is 11.6. The summed E-state index contributed by atoms with van der Waals surface area (Å²) in [6.07, 6.45) is 1.67. The summed E-state index contributed by atoms with van der Waals surface area (Å²) in [6.45, 7) is 4.29. The molecule has 0 atom stereocenters. The Bertz CT molecular complexity index is 675. The molecule has 0 aliphatic rings. The van der Waals surface area contributed by atoms with Gasteiger partial charge in [0.15, 0.2) is 11.5 Å². The Morgan fingerprint density at radius 3 is 2.90 bits per heavy atom. The summed E-state index contributed by atoms with van der Waals surface area (Å²) < 4.78 is 12.9. The molecule has 2 aromatic rings. The summed E-state index contributed by atoms with van der Waals surface area (Å²) in [5, 5.41) is 11.0. The molecule has 1 aromatic heterocycles. The van der Waals surface area contributed by atoms with Crippen molar-refractivity contribution in [3.05, 3.63) is 34.4 Å². The van der Waals surface area contributed by atoms with Crippen LogP contribution < -0.4 is 9.47 Å². The lowest BCUT2D eigenvalue weighted by Crippen LogP contribution is -2.00. The van der Waals surface area contributed by atoms with Gasteiger partial charge >= 0.3 is 0 Å². The zero-order chi connectivity index (χ0) is 14.5. The predicted octanol–water partition coefficient (Wildman–Crippen LogP) is 2.54. The lowest BCUT2D eigenvalue weighted by atomic mass is 10.2. The van der Waals surface area contributed by atoms with Crippen molar-refractivity contribution < 1.29 is 9.47 Å². The zero-order valence-corrected chi connectivity index (χ0v) is 12.4. The van der Waals surface area contributed by atoms with Gasteiger partial charge in [-0.05, 0) is 38.2 Å². The minimum atomic E-state index is 0.444. The molecule has 0 radical (unpaired) electrons. The molecule has 0 saturated heterocycles. The molecular formula is C13H16N4O2S. The summed E-state index contributed by atoms with van der Waals surface area (Å²) in [6, 6.07) is 5.62. The number of nitrogens with one attached hydrogen (secondary N) is 1. The molecule has 0 bridgehead atoms. The number of ether oxygens (including phenoxy) is 2. The first-order valence-corrected chi connectivity index (χ1v) is 6.56. The molecule has 0 unspecified atom stereocenters. The summed E-state index contributed by atoms with van der Waals surface area (Å²) in [5.41, 5.74) is 0.814. The van der Waals surface area contributed by atoms with Crippen molar-refractivity contribution in [2.45, 2.75) is 13.8 Å². The van der Waals surface area contributed by atoms with Gasteiger partial charge in [-0.15, -0.1) is 0 Å². The first kappa shape index (κ1) is 14.3. The van der Waals surface area contributed by atoms with E-state index in [0.717, 1.165) is 5.56 Å². The molecular weight excluding hydrogens is 276 g/mol. The van der Waals surface area contributed by atoms with Crippen LogP contribution >= 0.6 is 12.2 Å². The average Bonchev–Trinajstić information content (AvgIpc) is 2.77. The van der Waals surface area contributed by atoms with Gasteiger partial charge in [-0.25, -0.2) is 0 Å². The molecule has 0 amide bonds. The van der Waals surface area contributed by atoms with Gasteiger partial charge in [0.2, 0.25) is 4.77 Å². The van der Waals surface area contributed by atoms with Gasteiger partial charge in [0.25, 0.3) is 0 Å². The second-order valence-electron chi connectivity index (χ2n) is 3.94. The second-order valence-corrected chi connectivity index (χ2v) is 4.33. The van der Waals surface area contributed by atoms with Crippen LogP contribution in [0.1, 0.15) is 18.3 Å². The van der Waals surface area contributed by atoms with E-state index in [1.54, 1.807) is 18.0 Å². The van der Waals surface area contributed by atoms with Crippen molar-refractivity contribution in [1.29, 1.82) is 0 Å². The summed E-state index contributed by atoms with van der Waals surface area (Å²) in [7, 11) is 1.61. The summed E-state index contributed by atoms with van der Waals surface area (Å²) >= 11 is 5.10. The SMILES string of the molecule is CCOc1c(/C=N/n2c(C)n[nH]c2=S)cccc1OC. The molecule has 0 aliphatic heterocycles. The van der Waals surface area contributed by atoms with Crippen molar-refractivity contribution in [1.82, 2.24) is 14.9 Å². The fraction of sp³-hybridized carbons (Fsp3) is 0.308. The number of hydrogen-bond acceptors (Lipinski definition) is 5.